The second-order valence-corrected chi connectivity index (χ2v) is 5.36. The number of rotatable bonds is 5. The highest BCUT2D eigenvalue weighted by Crippen LogP contribution is 2.31. The summed E-state index contributed by atoms with van der Waals surface area (Å²) in [6.07, 6.45) is 2.73. The predicted octanol–water partition coefficient (Wildman–Crippen LogP) is 2.42. The van der Waals surface area contributed by atoms with Crippen molar-refractivity contribution < 1.29 is 0 Å². The molecule has 94 valence electrons. The molecular weight excluding hydrogens is 208 g/mol. The number of nitrogens with one attached hydrogen (secondary N) is 1. The third kappa shape index (κ3) is 3.08. The fourth-order valence-corrected chi connectivity index (χ4v) is 2.73. The van der Waals surface area contributed by atoms with Gasteiger partial charge in [0, 0.05) is 12.6 Å². The van der Waals surface area contributed by atoms with Crippen LogP contribution < -0.4 is 5.32 Å². The molecule has 1 N–H and O–H groups in total. The van der Waals surface area contributed by atoms with Crippen molar-refractivity contribution in [3.8, 4) is 0 Å². The lowest BCUT2D eigenvalue weighted by Gasteiger charge is -2.43. The molecule has 17 heavy (non-hydrogen) atoms. The van der Waals surface area contributed by atoms with E-state index in [4.69, 9.17) is 0 Å². The Labute approximate surface area is 105 Å². The van der Waals surface area contributed by atoms with Crippen LogP contribution in [0.1, 0.15) is 24.0 Å². The molecule has 1 aliphatic rings. The average Bonchev–Trinajstić information content (AvgIpc) is 2.27. The van der Waals surface area contributed by atoms with Gasteiger partial charge in [0.2, 0.25) is 0 Å². The highest BCUT2D eigenvalue weighted by atomic mass is 15.1. The first-order valence-corrected chi connectivity index (χ1v) is 6.61. The zero-order chi connectivity index (χ0) is 12.3. The molecule has 0 aliphatic heterocycles. The zero-order valence-electron chi connectivity index (χ0n) is 11.2. The van der Waals surface area contributed by atoms with Gasteiger partial charge in [-0.2, -0.15) is 0 Å². The Morgan fingerprint density at radius 1 is 1.24 bits per heavy atom. The van der Waals surface area contributed by atoms with Crippen molar-refractivity contribution in [2.45, 2.75) is 32.4 Å². The van der Waals surface area contributed by atoms with E-state index in [2.05, 4.69) is 55.5 Å². The Bertz CT molecular complexity index is 344. The van der Waals surface area contributed by atoms with Gasteiger partial charge in [0.15, 0.2) is 0 Å². The number of aryl methyl sites for hydroxylation is 1. The van der Waals surface area contributed by atoms with Crippen LogP contribution in [0.5, 0.6) is 0 Å². The highest BCUT2D eigenvalue weighted by Gasteiger charge is 2.32. The minimum absolute atomic E-state index is 0.767. The molecule has 0 bridgehead atoms. The summed E-state index contributed by atoms with van der Waals surface area (Å²) >= 11 is 0. The van der Waals surface area contributed by atoms with E-state index in [1.165, 1.54) is 24.0 Å². The maximum absolute atomic E-state index is 3.30. The predicted molar refractivity (Wildman–Crippen MR) is 73.1 cm³/mol. The van der Waals surface area contributed by atoms with E-state index in [0.29, 0.717) is 0 Å². The highest BCUT2D eigenvalue weighted by molar-refractivity contribution is 5.21. The van der Waals surface area contributed by atoms with E-state index in [9.17, 15) is 0 Å². The van der Waals surface area contributed by atoms with E-state index in [-0.39, 0.29) is 0 Å². The lowest BCUT2D eigenvalue weighted by atomic mass is 9.78. The van der Waals surface area contributed by atoms with Gasteiger partial charge in [-0.25, -0.2) is 0 Å². The molecule has 2 heteroatoms. The normalized spacial score (nSPS) is 23.8. The van der Waals surface area contributed by atoms with Gasteiger partial charge in [0.05, 0.1) is 0 Å². The van der Waals surface area contributed by atoms with Gasteiger partial charge in [0.1, 0.15) is 0 Å². The molecule has 2 unspecified atom stereocenters. The molecule has 1 aromatic carbocycles. The monoisotopic (exact) mass is 232 g/mol. The first-order chi connectivity index (χ1) is 8.20. The first kappa shape index (κ1) is 12.6. The van der Waals surface area contributed by atoms with Gasteiger partial charge < -0.3 is 5.32 Å². The number of nitrogens with zero attached hydrogens (tertiary/aromatic N) is 1. The molecule has 1 aromatic rings. The summed E-state index contributed by atoms with van der Waals surface area (Å²) in [5, 5.41) is 3.30. The standard InChI is InChI=1S/C15H24N2/c1-12-4-6-13(7-5-12)11-17(3)15-9-8-14(15)10-16-2/h4-7,14-16H,8-11H2,1-3H3. The Morgan fingerprint density at radius 3 is 2.47 bits per heavy atom. The molecule has 0 radical (unpaired) electrons. The van der Waals surface area contributed by atoms with Gasteiger partial charge in [-0.3, -0.25) is 4.90 Å². The Balaban J connectivity index is 1.88. The van der Waals surface area contributed by atoms with Gasteiger partial charge >= 0.3 is 0 Å². The molecular formula is C15H24N2. The minimum atomic E-state index is 0.767. The number of hydrogen-bond donors (Lipinski definition) is 1. The van der Waals surface area contributed by atoms with Crippen LogP contribution in [0.25, 0.3) is 0 Å². The molecule has 1 fully saturated rings. The van der Waals surface area contributed by atoms with Gasteiger partial charge in [0.25, 0.3) is 0 Å². The molecule has 2 rings (SSSR count). The Kier molecular flexibility index (Phi) is 4.19. The van der Waals surface area contributed by atoms with Crippen molar-refractivity contribution >= 4 is 0 Å². The fraction of sp³-hybridized carbons (Fsp3) is 0.600. The number of hydrogen-bond acceptors (Lipinski definition) is 2. The first-order valence-electron chi connectivity index (χ1n) is 6.61. The van der Waals surface area contributed by atoms with Crippen LogP contribution in [0.4, 0.5) is 0 Å². The fourth-order valence-electron chi connectivity index (χ4n) is 2.73. The van der Waals surface area contributed by atoms with E-state index in [1.54, 1.807) is 0 Å². The third-order valence-corrected chi connectivity index (χ3v) is 3.96. The van der Waals surface area contributed by atoms with Crippen LogP contribution in [-0.2, 0) is 6.54 Å². The van der Waals surface area contributed by atoms with Crippen molar-refractivity contribution in [3.63, 3.8) is 0 Å². The maximum atomic E-state index is 3.30. The molecule has 1 aliphatic carbocycles. The average molecular weight is 232 g/mol. The SMILES string of the molecule is CNCC1CCC1N(C)Cc1ccc(C)cc1. The van der Waals surface area contributed by atoms with Crippen molar-refractivity contribution in [2.75, 3.05) is 20.6 Å². The quantitative estimate of drug-likeness (QED) is 0.839. The maximum Gasteiger partial charge on any atom is 0.0233 e. The molecule has 0 spiro atoms. The lowest BCUT2D eigenvalue weighted by Crippen LogP contribution is -2.48. The molecule has 2 atom stereocenters. The lowest BCUT2D eigenvalue weighted by molar-refractivity contribution is 0.0793. The molecule has 0 aromatic heterocycles. The minimum Gasteiger partial charge on any atom is -0.319 e. The summed E-state index contributed by atoms with van der Waals surface area (Å²) in [4.78, 5) is 2.51. The molecule has 0 saturated heterocycles. The summed E-state index contributed by atoms with van der Waals surface area (Å²) < 4.78 is 0. The van der Waals surface area contributed by atoms with Crippen LogP contribution in [-0.4, -0.2) is 31.6 Å². The summed E-state index contributed by atoms with van der Waals surface area (Å²) in [6.45, 7) is 4.37. The van der Waals surface area contributed by atoms with E-state index in [1.807, 2.05) is 0 Å². The van der Waals surface area contributed by atoms with Crippen molar-refractivity contribution in [1.29, 1.82) is 0 Å². The third-order valence-electron chi connectivity index (χ3n) is 3.96. The zero-order valence-corrected chi connectivity index (χ0v) is 11.2. The molecule has 0 amide bonds. The van der Waals surface area contributed by atoms with Crippen molar-refractivity contribution in [1.82, 2.24) is 10.2 Å². The van der Waals surface area contributed by atoms with Crippen molar-refractivity contribution in [3.05, 3.63) is 35.4 Å². The largest absolute Gasteiger partial charge is 0.319 e. The van der Waals surface area contributed by atoms with Gasteiger partial charge in [-0.15, -0.1) is 0 Å². The summed E-state index contributed by atoms with van der Waals surface area (Å²) in [6, 6.07) is 9.67. The van der Waals surface area contributed by atoms with Gasteiger partial charge in [-0.1, -0.05) is 29.8 Å². The van der Waals surface area contributed by atoms with E-state index < -0.39 is 0 Å². The molecule has 1 saturated carbocycles. The van der Waals surface area contributed by atoms with Crippen LogP contribution in [0.2, 0.25) is 0 Å². The van der Waals surface area contributed by atoms with Crippen LogP contribution in [0, 0.1) is 12.8 Å². The van der Waals surface area contributed by atoms with Crippen LogP contribution in [0.3, 0.4) is 0 Å². The van der Waals surface area contributed by atoms with E-state index in [0.717, 1.165) is 25.0 Å². The van der Waals surface area contributed by atoms with Crippen LogP contribution >= 0.6 is 0 Å². The number of benzene rings is 1. The van der Waals surface area contributed by atoms with Crippen LogP contribution in [0.15, 0.2) is 24.3 Å². The summed E-state index contributed by atoms with van der Waals surface area (Å²) in [5.41, 5.74) is 2.77. The van der Waals surface area contributed by atoms with Gasteiger partial charge in [-0.05, 0) is 51.9 Å². The second kappa shape index (κ2) is 5.65. The molecule has 0 heterocycles. The molecule has 2 nitrogen and oxygen atoms in total. The van der Waals surface area contributed by atoms with Crippen molar-refractivity contribution in [2.24, 2.45) is 5.92 Å². The smallest absolute Gasteiger partial charge is 0.0233 e. The Hall–Kier alpha value is -0.860. The Morgan fingerprint density at radius 2 is 1.94 bits per heavy atom. The second-order valence-electron chi connectivity index (χ2n) is 5.36. The van der Waals surface area contributed by atoms with E-state index >= 15 is 0 Å². The topological polar surface area (TPSA) is 15.3 Å². The summed E-state index contributed by atoms with van der Waals surface area (Å²) in [5.74, 6) is 0.843. The summed E-state index contributed by atoms with van der Waals surface area (Å²) in [7, 11) is 4.31.